The van der Waals surface area contributed by atoms with Gasteiger partial charge in [-0.15, -0.1) is 0 Å². The van der Waals surface area contributed by atoms with Crippen LogP contribution in [0.5, 0.6) is 23.1 Å². The lowest BCUT2D eigenvalue weighted by molar-refractivity contribution is -0.143. The van der Waals surface area contributed by atoms with E-state index in [1.165, 1.54) is 6.33 Å². The number of nitrogens with one attached hydrogen (secondary N) is 1. The number of nitrogens with zero attached hydrogens (tertiary/aromatic N) is 2. The maximum atomic E-state index is 15.0. The van der Waals surface area contributed by atoms with Crippen LogP contribution < -0.4 is 14.2 Å². The largest absolute Gasteiger partial charge is 0.493 e. The van der Waals surface area contributed by atoms with Gasteiger partial charge in [0.15, 0.2) is 23.1 Å². The number of aromatic amines is 1. The molecule has 0 aliphatic carbocycles. The Kier molecular flexibility index (Phi) is 8.20. The lowest BCUT2D eigenvalue weighted by Crippen LogP contribution is -2.03. The summed E-state index contributed by atoms with van der Waals surface area (Å²) in [6.45, 7) is 4.59. The number of aromatic nitrogens is 3. The minimum absolute atomic E-state index is 0.0729. The summed E-state index contributed by atoms with van der Waals surface area (Å²) in [5.41, 5.74) is 2.15. The quantitative estimate of drug-likeness (QED) is 0.183. The highest BCUT2D eigenvalue weighted by atomic mass is 19.1. The van der Waals surface area contributed by atoms with Crippen molar-refractivity contribution in [3.63, 3.8) is 0 Å². The van der Waals surface area contributed by atoms with Gasteiger partial charge in [0, 0.05) is 29.1 Å². The number of H-pyrrole nitrogens is 1. The molecular formula is C27H30FN3O5. The van der Waals surface area contributed by atoms with Crippen LogP contribution in [0.1, 0.15) is 44.7 Å². The van der Waals surface area contributed by atoms with E-state index in [2.05, 4.69) is 15.0 Å². The minimum Gasteiger partial charge on any atom is -0.493 e. The Labute approximate surface area is 208 Å². The van der Waals surface area contributed by atoms with Gasteiger partial charge in [-0.1, -0.05) is 12.8 Å². The molecule has 0 atom stereocenters. The molecule has 8 nitrogen and oxygen atoms in total. The summed E-state index contributed by atoms with van der Waals surface area (Å²) in [7, 11) is 1.55. The molecule has 0 saturated heterocycles. The molecule has 2 aromatic heterocycles. The van der Waals surface area contributed by atoms with E-state index in [0.717, 1.165) is 31.4 Å². The normalized spacial score (nSPS) is 11.1. The monoisotopic (exact) mass is 495 g/mol. The van der Waals surface area contributed by atoms with Gasteiger partial charge in [0.05, 0.1) is 31.2 Å². The van der Waals surface area contributed by atoms with Gasteiger partial charge in [-0.3, -0.25) is 4.79 Å². The lowest BCUT2D eigenvalue weighted by Gasteiger charge is -2.13. The van der Waals surface area contributed by atoms with Crippen LogP contribution in [0, 0.1) is 12.7 Å². The number of hydrogen-bond donors (Lipinski definition) is 1. The number of esters is 1. The van der Waals surface area contributed by atoms with Crippen molar-refractivity contribution in [2.45, 2.75) is 46.0 Å². The number of hydrogen-bond acceptors (Lipinski definition) is 7. The van der Waals surface area contributed by atoms with E-state index in [-0.39, 0.29) is 17.6 Å². The van der Waals surface area contributed by atoms with Crippen molar-refractivity contribution in [1.82, 2.24) is 15.0 Å². The van der Waals surface area contributed by atoms with Crippen molar-refractivity contribution in [2.24, 2.45) is 0 Å². The van der Waals surface area contributed by atoms with E-state index in [1.54, 1.807) is 44.4 Å². The number of aryl methyl sites for hydroxylation is 1. The molecule has 0 amide bonds. The number of carbonyl (C=O) groups excluding carboxylic acids is 1. The topological polar surface area (TPSA) is 95.6 Å². The van der Waals surface area contributed by atoms with Crippen LogP contribution in [-0.4, -0.2) is 41.2 Å². The maximum Gasteiger partial charge on any atom is 0.305 e. The highest BCUT2D eigenvalue weighted by Crippen LogP contribution is 2.37. The molecule has 9 heteroatoms. The predicted octanol–water partition coefficient (Wildman–Crippen LogP) is 6.25. The lowest BCUT2D eigenvalue weighted by atomic mass is 10.1. The minimum atomic E-state index is -0.460. The first kappa shape index (κ1) is 25.2. The molecule has 0 spiro atoms. The predicted molar refractivity (Wildman–Crippen MR) is 134 cm³/mol. The molecule has 0 saturated carbocycles. The van der Waals surface area contributed by atoms with E-state index in [9.17, 15) is 4.79 Å². The fourth-order valence-corrected chi connectivity index (χ4v) is 4.01. The Morgan fingerprint density at radius 2 is 1.83 bits per heavy atom. The first-order valence-corrected chi connectivity index (χ1v) is 12.1. The Morgan fingerprint density at radius 3 is 2.64 bits per heavy atom. The number of rotatable bonds is 12. The average molecular weight is 496 g/mol. The van der Waals surface area contributed by atoms with Crippen molar-refractivity contribution in [3.8, 4) is 23.1 Å². The van der Waals surface area contributed by atoms with Crippen LogP contribution in [0.3, 0.4) is 0 Å². The smallest absolute Gasteiger partial charge is 0.305 e. The Bertz CT molecular complexity index is 1350. The van der Waals surface area contributed by atoms with Crippen LogP contribution in [0.4, 0.5) is 4.39 Å². The number of benzene rings is 2. The zero-order valence-electron chi connectivity index (χ0n) is 20.7. The molecule has 2 heterocycles. The second-order valence-electron chi connectivity index (χ2n) is 8.41. The van der Waals surface area contributed by atoms with Crippen molar-refractivity contribution >= 4 is 27.8 Å². The third-order valence-electron chi connectivity index (χ3n) is 5.77. The van der Waals surface area contributed by atoms with Crippen molar-refractivity contribution in [2.75, 3.05) is 20.3 Å². The average Bonchev–Trinajstić information content (AvgIpc) is 3.26. The van der Waals surface area contributed by atoms with E-state index in [1.807, 2.05) is 6.92 Å². The van der Waals surface area contributed by atoms with E-state index in [0.29, 0.717) is 52.9 Å². The summed E-state index contributed by atoms with van der Waals surface area (Å²) >= 11 is 0. The zero-order valence-corrected chi connectivity index (χ0v) is 20.7. The third kappa shape index (κ3) is 5.84. The van der Waals surface area contributed by atoms with E-state index < -0.39 is 5.82 Å². The molecule has 0 bridgehead atoms. The zero-order chi connectivity index (χ0) is 25.5. The van der Waals surface area contributed by atoms with Gasteiger partial charge in [-0.05, 0) is 51.0 Å². The number of fused-ring (bicyclic) bond motifs is 2. The Morgan fingerprint density at radius 1 is 1.00 bits per heavy atom. The van der Waals surface area contributed by atoms with E-state index >= 15 is 4.39 Å². The Balaban J connectivity index is 1.43. The summed E-state index contributed by atoms with van der Waals surface area (Å²) in [4.78, 5) is 23.1. The van der Waals surface area contributed by atoms with Crippen LogP contribution in [0.15, 0.2) is 36.7 Å². The fraction of sp³-hybridized carbons (Fsp3) is 0.370. The van der Waals surface area contributed by atoms with Crippen molar-refractivity contribution < 1.29 is 28.1 Å². The highest BCUT2D eigenvalue weighted by Gasteiger charge is 2.16. The first-order chi connectivity index (χ1) is 17.5. The third-order valence-corrected chi connectivity index (χ3v) is 5.77. The summed E-state index contributed by atoms with van der Waals surface area (Å²) < 4.78 is 37.3. The maximum absolute atomic E-state index is 15.0. The van der Waals surface area contributed by atoms with Gasteiger partial charge in [0.1, 0.15) is 6.33 Å². The van der Waals surface area contributed by atoms with Crippen molar-refractivity contribution in [3.05, 3.63) is 48.2 Å². The van der Waals surface area contributed by atoms with Crippen LogP contribution in [0.25, 0.3) is 21.8 Å². The standard InChI is InChI=1S/C27H30FN3O5/c1-4-34-25(32)9-7-5-6-8-12-35-24-15-21-19(14-23(24)33-3)27(30-16-29-21)36-22-11-10-20-18(26(22)28)13-17(2)31-20/h10-11,13-16,31H,4-9,12H2,1-3H3. The second kappa shape index (κ2) is 11.7. The highest BCUT2D eigenvalue weighted by molar-refractivity contribution is 5.87. The van der Waals surface area contributed by atoms with Gasteiger partial charge in [-0.25, -0.2) is 14.4 Å². The molecule has 0 aliphatic rings. The van der Waals surface area contributed by atoms with E-state index in [4.69, 9.17) is 18.9 Å². The van der Waals surface area contributed by atoms with Gasteiger partial charge in [0.25, 0.3) is 0 Å². The summed E-state index contributed by atoms with van der Waals surface area (Å²) in [5.74, 6) is 0.736. The van der Waals surface area contributed by atoms with Crippen LogP contribution in [-0.2, 0) is 9.53 Å². The first-order valence-electron chi connectivity index (χ1n) is 12.1. The molecule has 0 fully saturated rings. The van der Waals surface area contributed by atoms with Gasteiger partial charge in [0.2, 0.25) is 5.88 Å². The number of unbranched alkanes of at least 4 members (excludes halogenated alkanes) is 3. The SMILES string of the molecule is CCOC(=O)CCCCCCOc1cc2ncnc(Oc3ccc4[nH]c(C)cc4c3F)c2cc1OC. The number of ether oxygens (including phenoxy) is 4. The van der Waals surface area contributed by atoms with Crippen molar-refractivity contribution in [1.29, 1.82) is 0 Å². The summed E-state index contributed by atoms with van der Waals surface area (Å²) in [5, 5.41) is 1.03. The fourth-order valence-electron chi connectivity index (χ4n) is 4.01. The molecule has 0 radical (unpaired) electrons. The van der Waals surface area contributed by atoms with Crippen LogP contribution in [0.2, 0.25) is 0 Å². The van der Waals surface area contributed by atoms with Crippen LogP contribution >= 0.6 is 0 Å². The number of methoxy groups -OCH3 is 1. The molecule has 0 unspecified atom stereocenters. The number of halogens is 1. The molecule has 36 heavy (non-hydrogen) atoms. The molecule has 4 aromatic rings. The molecule has 2 aromatic carbocycles. The number of carbonyl (C=O) groups is 1. The molecule has 4 rings (SSSR count). The summed E-state index contributed by atoms with van der Waals surface area (Å²) in [6, 6.07) is 8.58. The van der Waals surface area contributed by atoms with Gasteiger partial charge in [-0.2, -0.15) is 0 Å². The summed E-state index contributed by atoms with van der Waals surface area (Å²) in [6.07, 6.45) is 5.31. The Hall–Kier alpha value is -3.88. The molecule has 1 N–H and O–H groups in total. The second-order valence-corrected chi connectivity index (χ2v) is 8.41. The van der Waals surface area contributed by atoms with Gasteiger partial charge < -0.3 is 23.9 Å². The molecule has 190 valence electrons. The molecular weight excluding hydrogens is 465 g/mol. The molecule has 0 aliphatic heterocycles. The van der Waals surface area contributed by atoms with Gasteiger partial charge >= 0.3 is 5.97 Å².